The van der Waals surface area contributed by atoms with Gasteiger partial charge in [0, 0.05) is 11.8 Å². The van der Waals surface area contributed by atoms with E-state index in [2.05, 4.69) is 0 Å². The first-order valence-corrected chi connectivity index (χ1v) is 7.84. The third-order valence-electron chi connectivity index (χ3n) is 4.09. The number of alkyl halides is 16. The maximum Gasteiger partial charge on any atom is 0.426 e. The number of nitrogens with zero attached hydrogens (tertiary/aromatic N) is 2. The van der Waals surface area contributed by atoms with Crippen molar-refractivity contribution in [3.63, 3.8) is 0 Å². The Bertz CT molecular complexity index is 685. The van der Waals surface area contributed by atoms with Gasteiger partial charge >= 0.3 is 47.5 Å². The maximum absolute atomic E-state index is 13.5. The molecule has 0 heterocycles. The molecule has 0 fully saturated rings. The first-order chi connectivity index (χ1) is 14.6. The van der Waals surface area contributed by atoms with Crippen LogP contribution in [0.25, 0.3) is 0 Å². The molecule has 0 aromatic heterocycles. The summed E-state index contributed by atoms with van der Waals surface area (Å²) in [4.78, 5) is 0. The predicted octanol–water partition coefficient (Wildman–Crippen LogP) is 7.34. The van der Waals surface area contributed by atoms with Crippen molar-refractivity contribution >= 4 is 0 Å². The highest BCUT2D eigenvalue weighted by Gasteiger charge is 2.95. The molecule has 0 bridgehead atoms. The molecule has 0 saturated carbocycles. The summed E-state index contributed by atoms with van der Waals surface area (Å²) in [6.45, 7) is -1.50. The van der Waals surface area contributed by atoms with E-state index >= 15 is 0 Å². The standard InChI is InChI=1S/C12H8F20N2/c13-5(14,3-1-2-4-33(29)30)6(15,16)7(17,18)8(19,20)9(21,22)10(23,24)11(25,26)12(27,28)34(31)32/h1-4H2. The summed E-state index contributed by atoms with van der Waals surface area (Å²) in [5, 5.41) is -5.99. The van der Waals surface area contributed by atoms with E-state index in [0.29, 0.717) is 0 Å². The predicted molar refractivity (Wildman–Crippen MR) is 66.4 cm³/mol. The quantitative estimate of drug-likeness (QED) is 0.101. The second-order valence-corrected chi connectivity index (χ2v) is 6.41. The molecule has 0 aromatic carbocycles. The molecule has 0 spiro atoms. The molecule has 22 heteroatoms. The highest BCUT2D eigenvalue weighted by Crippen LogP contribution is 2.64. The first-order valence-electron chi connectivity index (χ1n) is 7.84. The lowest BCUT2D eigenvalue weighted by Gasteiger charge is -2.43. The Morgan fingerprint density at radius 1 is 0.412 bits per heavy atom. The normalized spacial score (nSPS) is 16.1. The zero-order chi connectivity index (χ0) is 28.0. The molecular weight excluding hydrogens is 552 g/mol. The zero-order valence-electron chi connectivity index (χ0n) is 15.3. The van der Waals surface area contributed by atoms with Crippen LogP contribution in [0.5, 0.6) is 0 Å². The van der Waals surface area contributed by atoms with Gasteiger partial charge in [-0.1, -0.05) is 8.96 Å². The summed E-state index contributed by atoms with van der Waals surface area (Å²) >= 11 is 0. The van der Waals surface area contributed by atoms with Crippen molar-refractivity contribution < 1.29 is 88.2 Å². The Labute approximate surface area is 173 Å². The lowest BCUT2D eigenvalue weighted by atomic mass is 9.87. The van der Waals surface area contributed by atoms with E-state index in [-0.39, 0.29) is 0 Å². The van der Waals surface area contributed by atoms with E-state index < -0.39 is 84.0 Å². The average Bonchev–Trinajstić information content (AvgIpc) is 2.63. The molecule has 0 aliphatic rings. The molecule has 206 valence electrons. The lowest BCUT2D eigenvalue weighted by Crippen LogP contribution is -2.75. The van der Waals surface area contributed by atoms with Crippen LogP contribution in [0.4, 0.5) is 88.2 Å². The fraction of sp³-hybridized carbons (Fsp3) is 1.00. The highest BCUT2D eigenvalue weighted by atomic mass is 19.4. The molecule has 0 aliphatic carbocycles. The number of hydrogen-bond donors (Lipinski definition) is 0. The summed E-state index contributed by atoms with van der Waals surface area (Å²) < 4.78 is 258. The largest absolute Gasteiger partial charge is 0.426 e. The molecule has 0 radical (unpaired) electrons. The minimum absolute atomic E-state index is 1.24. The smallest absolute Gasteiger partial charge is 0.200 e. The topological polar surface area (TPSA) is 6.48 Å². The number of halogens is 20. The van der Waals surface area contributed by atoms with Gasteiger partial charge in [-0.25, -0.2) is 0 Å². The molecule has 0 aliphatic heterocycles. The van der Waals surface area contributed by atoms with Crippen LogP contribution < -0.4 is 0 Å². The van der Waals surface area contributed by atoms with E-state index in [9.17, 15) is 88.2 Å². The minimum Gasteiger partial charge on any atom is -0.200 e. The monoisotopic (exact) mass is 560 g/mol. The van der Waals surface area contributed by atoms with Crippen molar-refractivity contribution in [3.8, 4) is 0 Å². The number of hydrogen-bond acceptors (Lipinski definition) is 2. The summed E-state index contributed by atoms with van der Waals surface area (Å²) in [6, 6.07) is -7.81. The van der Waals surface area contributed by atoms with E-state index in [4.69, 9.17) is 0 Å². The zero-order valence-corrected chi connectivity index (χ0v) is 15.3. The Kier molecular flexibility index (Phi) is 8.79. The van der Waals surface area contributed by atoms with Crippen LogP contribution in [0, 0.1) is 0 Å². The number of rotatable bonds is 13. The molecule has 0 aromatic rings. The number of unbranched alkanes of at least 4 members (excludes halogenated alkanes) is 1. The van der Waals surface area contributed by atoms with Crippen LogP contribution in [0.3, 0.4) is 0 Å². The van der Waals surface area contributed by atoms with Gasteiger partial charge in [0.2, 0.25) is 0 Å². The fourth-order valence-corrected chi connectivity index (χ4v) is 2.05. The van der Waals surface area contributed by atoms with Crippen molar-refractivity contribution in [1.82, 2.24) is 10.7 Å². The van der Waals surface area contributed by atoms with Crippen LogP contribution in [0.1, 0.15) is 19.3 Å². The van der Waals surface area contributed by atoms with Crippen LogP contribution in [-0.4, -0.2) is 64.7 Å². The van der Waals surface area contributed by atoms with Crippen LogP contribution in [0.15, 0.2) is 0 Å². The van der Waals surface area contributed by atoms with Gasteiger partial charge in [0.1, 0.15) is 0 Å². The fourth-order valence-electron chi connectivity index (χ4n) is 2.05. The molecule has 0 saturated heterocycles. The van der Waals surface area contributed by atoms with Gasteiger partial charge in [-0.2, -0.15) is 70.2 Å². The van der Waals surface area contributed by atoms with E-state index in [1.54, 1.807) is 0 Å². The van der Waals surface area contributed by atoms with Crippen LogP contribution in [0.2, 0.25) is 0 Å². The van der Waals surface area contributed by atoms with E-state index in [0.717, 1.165) is 0 Å². The Hall–Kier alpha value is -1.48. The Morgan fingerprint density at radius 2 is 0.735 bits per heavy atom. The molecule has 34 heavy (non-hydrogen) atoms. The van der Waals surface area contributed by atoms with Crippen molar-refractivity contribution in [3.05, 3.63) is 0 Å². The SMILES string of the molecule is FN(F)CCCCC(F)(F)C(F)(F)C(F)(F)C(F)(F)C(F)(F)C(F)(F)C(F)(F)C(F)(F)N(F)F. The molecule has 0 rings (SSSR count). The summed E-state index contributed by atoms with van der Waals surface area (Å²) in [5.74, 6) is -57.5. The summed E-state index contributed by atoms with van der Waals surface area (Å²) in [5.41, 5.74) is 0. The Morgan fingerprint density at radius 3 is 1.06 bits per heavy atom. The van der Waals surface area contributed by atoms with Crippen LogP contribution in [-0.2, 0) is 0 Å². The van der Waals surface area contributed by atoms with Gasteiger partial charge in [-0.05, 0) is 12.8 Å². The average molecular weight is 560 g/mol. The molecule has 2 nitrogen and oxygen atoms in total. The molecule has 0 N–H and O–H groups in total. The van der Waals surface area contributed by atoms with Crippen molar-refractivity contribution in [1.29, 1.82) is 0 Å². The lowest BCUT2D eigenvalue weighted by molar-refractivity contribution is -0.482. The van der Waals surface area contributed by atoms with Gasteiger partial charge in [-0.3, -0.25) is 0 Å². The van der Waals surface area contributed by atoms with E-state index in [1.807, 2.05) is 0 Å². The van der Waals surface area contributed by atoms with Gasteiger partial charge < -0.3 is 0 Å². The van der Waals surface area contributed by atoms with Crippen LogP contribution >= 0.6 is 0 Å². The maximum atomic E-state index is 13.5. The third kappa shape index (κ3) is 4.66. The third-order valence-corrected chi connectivity index (χ3v) is 4.09. The van der Waals surface area contributed by atoms with Crippen molar-refractivity contribution in [2.24, 2.45) is 0 Å². The molecular formula is C12H8F20N2. The molecule has 0 unspecified atom stereocenters. The second kappa shape index (κ2) is 9.19. The first kappa shape index (κ1) is 32.5. The van der Waals surface area contributed by atoms with Crippen molar-refractivity contribution in [2.45, 2.75) is 66.8 Å². The van der Waals surface area contributed by atoms with Gasteiger partial charge in [0.05, 0.1) is 11.9 Å². The summed E-state index contributed by atoms with van der Waals surface area (Å²) in [7, 11) is 0. The molecule has 0 amide bonds. The van der Waals surface area contributed by atoms with Gasteiger partial charge in [0.25, 0.3) is 0 Å². The molecule has 0 atom stereocenters. The van der Waals surface area contributed by atoms with E-state index in [1.165, 1.54) is 0 Å². The second-order valence-electron chi connectivity index (χ2n) is 6.41. The Balaban J connectivity index is 6.44. The highest BCUT2D eigenvalue weighted by molar-refractivity contribution is 5.15. The van der Waals surface area contributed by atoms with Gasteiger partial charge in [-0.15, -0.1) is 8.96 Å². The van der Waals surface area contributed by atoms with Gasteiger partial charge in [0.15, 0.2) is 0 Å². The minimum atomic E-state index is -8.81. The van der Waals surface area contributed by atoms with Crippen molar-refractivity contribution in [2.75, 3.05) is 6.54 Å². The summed E-state index contributed by atoms with van der Waals surface area (Å²) in [6.07, 6.45) is -5.62.